The van der Waals surface area contributed by atoms with E-state index in [1.54, 1.807) is 0 Å². The summed E-state index contributed by atoms with van der Waals surface area (Å²) < 4.78 is 10.1. The average Bonchev–Trinajstić information content (AvgIpc) is 2.65. The number of ether oxygens (including phenoxy) is 2. The summed E-state index contributed by atoms with van der Waals surface area (Å²) in [6, 6.07) is 17.7. The lowest BCUT2D eigenvalue weighted by molar-refractivity contribution is -0.144. The van der Waals surface area contributed by atoms with Crippen LogP contribution in [0.3, 0.4) is 0 Å². The number of hydrogen-bond donors (Lipinski definition) is 1. The maximum absolute atomic E-state index is 12.1. The zero-order valence-corrected chi connectivity index (χ0v) is 13.7. The van der Waals surface area contributed by atoms with E-state index in [1.165, 1.54) is 0 Å². The number of amides is 1. The van der Waals surface area contributed by atoms with Crippen LogP contribution in [0.4, 0.5) is 4.79 Å². The van der Waals surface area contributed by atoms with Gasteiger partial charge in [-0.05, 0) is 11.1 Å². The molecule has 0 aliphatic rings. The van der Waals surface area contributed by atoms with Gasteiger partial charge in [0, 0.05) is 6.42 Å². The van der Waals surface area contributed by atoms with E-state index >= 15 is 0 Å². The van der Waals surface area contributed by atoms with Crippen LogP contribution in [-0.4, -0.2) is 24.7 Å². The van der Waals surface area contributed by atoms with Gasteiger partial charge in [0.25, 0.3) is 0 Å². The summed E-state index contributed by atoms with van der Waals surface area (Å²) in [7, 11) is 0. The molecule has 5 heteroatoms. The number of nitrogens with one attached hydrogen (secondary N) is 1. The predicted octanol–water partition coefficient (Wildman–Crippen LogP) is 2.70. The van der Waals surface area contributed by atoms with E-state index in [0.29, 0.717) is 0 Å². The van der Waals surface area contributed by atoms with Crippen molar-refractivity contribution in [1.82, 2.24) is 5.32 Å². The third kappa shape index (κ3) is 6.40. The highest BCUT2D eigenvalue weighted by atomic mass is 16.6. The number of terminal acetylenes is 1. The van der Waals surface area contributed by atoms with Gasteiger partial charge in [-0.3, -0.25) is 0 Å². The van der Waals surface area contributed by atoms with Crippen LogP contribution in [0.5, 0.6) is 0 Å². The molecule has 0 saturated carbocycles. The Morgan fingerprint density at radius 2 is 1.56 bits per heavy atom. The number of benzene rings is 2. The lowest BCUT2D eigenvalue weighted by atomic mass is 10.1. The molecule has 0 unspecified atom stereocenters. The van der Waals surface area contributed by atoms with Crippen LogP contribution in [0.1, 0.15) is 11.1 Å². The zero-order chi connectivity index (χ0) is 17.9. The fraction of sp³-hybridized carbons (Fsp3) is 0.200. The van der Waals surface area contributed by atoms with Gasteiger partial charge in [-0.1, -0.05) is 66.6 Å². The molecule has 1 N–H and O–H groups in total. The highest BCUT2D eigenvalue weighted by Gasteiger charge is 2.23. The second-order valence-electron chi connectivity index (χ2n) is 5.26. The van der Waals surface area contributed by atoms with Gasteiger partial charge in [0.2, 0.25) is 0 Å². The fourth-order valence-electron chi connectivity index (χ4n) is 2.16. The largest absolute Gasteiger partial charge is 0.451 e. The number of hydrogen-bond acceptors (Lipinski definition) is 4. The number of alkyl carbamates (subject to hydrolysis) is 1. The number of rotatable bonds is 7. The van der Waals surface area contributed by atoms with Gasteiger partial charge in [0.05, 0.1) is 0 Å². The Morgan fingerprint density at radius 1 is 0.960 bits per heavy atom. The molecule has 5 nitrogen and oxygen atoms in total. The Morgan fingerprint density at radius 3 is 2.16 bits per heavy atom. The summed E-state index contributed by atoms with van der Waals surface area (Å²) in [6.07, 6.45) is 4.69. The third-order valence-corrected chi connectivity index (χ3v) is 3.37. The molecule has 1 amide bonds. The number of esters is 1. The standard InChI is InChI=1S/C20H19NO4/c1-2-13-24-19(22)18(14-16-9-5-3-6-10-16)21-20(23)25-15-17-11-7-4-8-12-17/h1,3-12,18H,13-15H2,(H,21,23)/t18-/m0/s1. The number of carbonyl (C=O) groups excluding carboxylic acids is 2. The normalized spacial score (nSPS) is 11.0. The molecule has 25 heavy (non-hydrogen) atoms. The van der Waals surface area contributed by atoms with Gasteiger partial charge in [-0.2, -0.15) is 0 Å². The molecular weight excluding hydrogens is 318 g/mol. The lowest BCUT2D eigenvalue weighted by Gasteiger charge is -2.17. The Hall–Kier alpha value is -3.26. The Labute approximate surface area is 147 Å². The summed E-state index contributed by atoms with van der Waals surface area (Å²) in [5.41, 5.74) is 1.74. The van der Waals surface area contributed by atoms with E-state index in [1.807, 2.05) is 60.7 Å². The maximum atomic E-state index is 12.1. The van der Waals surface area contributed by atoms with Gasteiger partial charge in [0.15, 0.2) is 6.61 Å². The fourth-order valence-corrected chi connectivity index (χ4v) is 2.16. The molecule has 128 valence electrons. The van der Waals surface area contributed by atoms with Crippen LogP contribution >= 0.6 is 0 Å². The zero-order valence-electron chi connectivity index (χ0n) is 13.7. The highest BCUT2D eigenvalue weighted by molar-refractivity contribution is 5.81. The summed E-state index contributed by atoms with van der Waals surface area (Å²) in [5.74, 6) is 1.63. The molecule has 0 spiro atoms. The Balaban J connectivity index is 1.95. The molecule has 0 heterocycles. The van der Waals surface area contributed by atoms with E-state index in [0.717, 1.165) is 11.1 Å². The first-order valence-corrected chi connectivity index (χ1v) is 7.80. The van der Waals surface area contributed by atoms with Crippen molar-refractivity contribution >= 4 is 12.1 Å². The second-order valence-corrected chi connectivity index (χ2v) is 5.26. The van der Waals surface area contributed by atoms with Crippen LogP contribution < -0.4 is 5.32 Å². The van der Waals surface area contributed by atoms with E-state index in [9.17, 15) is 9.59 Å². The van der Waals surface area contributed by atoms with Crippen molar-refractivity contribution in [1.29, 1.82) is 0 Å². The highest BCUT2D eigenvalue weighted by Crippen LogP contribution is 2.06. The minimum Gasteiger partial charge on any atom is -0.451 e. The maximum Gasteiger partial charge on any atom is 0.408 e. The molecule has 1 atom stereocenters. The van der Waals surface area contributed by atoms with Crippen molar-refractivity contribution in [3.05, 3.63) is 71.8 Å². The van der Waals surface area contributed by atoms with Crippen molar-refractivity contribution in [3.8, 4) is 12.3 Å². The van der Waals surface area contributed by atoms with Crippen LogP contribution in [0.2, 0.25) is 0 Å². The van der Waals surface area contributed by atoms with E-state index in [2.05, 4.69) is 11.2 Å². The molecule has 0 bridgehead atoms. The summed E-state index contributed by atoms with van der Waals surface area (Å²) in [5, 5.41) is 2.54. The van der Waals surface area contributed by atoms with Gasteiger partial charge < -0.3 is 14.8 Å². The molecule has 2 aromatic rings. The third-order valence-electron chi connectivity index (χ3n) is 3.37. The summed E-state index contributed by atoms with van der Waals surface area (Å²) in [4.78, 5) is 24.1. The Bertz CT molecular complexity index is 722. The van der Waals surface area contributed by atoms with Gasteiger partial charge in [-0.15, -0.1) is 6.42 Å². The molecule has 0 aliphatic carbocycles. The molecule has 0 saturated heterocycles. The van der Waals surface area contributed by atoms with E-state index in [-0.39, 0.29) is 19.6 Å². The first-order chi connectivity index (χ1) is 12.2. The molecule has 2 rings (SSSR count). The van der Waals surface area contributed by atoms with Gasteiger partial charge >= 0.3 is 12.1 Å². The second kappa shape index (κ2) is 9.78. The summed E-state index contributed by atoms with van der Waals surface area (Å²) >= 11 is 0. The molecule has 0 aromatic heterocycles. The lowest BCUT2D eigenvalue weighted by Crippen LogP contribution is -2.43. The Kier molecular flexibility index (Phi) is 7.08. The first kappa shape index (κ1) is 18.1. The van der Waals surface area contributed by atoms with Gasteiger partial charge in [0.1, 0.15) is 12.6 Å². The predicted molar refractivity (Wildman–Crippen MR) is 93.5 cm³/mol. The SMILES string of the molecule is C#CCOC(=O)[C@H](Cc1ccccc1)NC(=O)OCc1ccccc1. The molecule has 0 radical (unpaired) electrons. The van der Waals surface area contributed by atoms with Gasteiger partial charge in [-0.25, -0.2) is 9.59 Å². The average molecular weight is 337 g/mol. The minimum atomic E-state index is -0.876. The smallest absolute Gasteiger partial charge is 0.408 e. The minimum absolute atomic E-state index is 0.115. The van der Waals surface area contributed by atoms with Crippen LogP contribution in [0, 0.1) is 12.3 Å². The molecule has 2 aromatic carbocycles. The monoisotopic (exact) mass is 337 g/mol. The first-order valence-electron chi connectivity index (χ1n) is 7.80. The van der Waals surface area contributed by atoms with Crippen molar-refractivity contribution < 1.29 is 19.1 Å². The van der Waals surface area contributed by atoms with Crippen LogP contribution in [0.25, 0.3) is 0 Å². The van der Waals surface area contributed by atoms with E-state index in [4.69, 9.17) is 15.9 Å². The van der Waals surface area contributed by atoms with Crippen molar-refractivity contribution in [2.45, 2.75) is 19.1 Å². The topological polar surface area (TPSA) is 64.6 Å². The van der Waals surface area contributed by atoms with E-state index < -0.39 is 18.1 Å². The van der Waals surface area contributed by atoms with Crippen LogP contribution in [0.15, 0.2) is 60.7 Å². The van der Waals surface area contributed by atoms with Crippen LogP contribution in [-0.2, 0) is 27.3 Å². The molecular formula is C20H19NO4. The molecule has 0 fully saturated rings. The van der Waals surface area contributed by atoms with Crippen molar-refractivity contribution in [2.75, 3.05) is 6.61 Å². The quantitative estimate of drug-likeness (QED) is 0.623. The summed E-state index contributed by atoms with van der Waals surface area (Å²) in [6.45, 7) is -0.0327. The molecule has 0 aliphatic heterocycles. The van der Waals surface area contributed by atoms with Crippen molar-refractivity contribution in [3.63, 3.8) is 0 Å². The van der Waals surface area contributed by atoms with Crippen molar-refractivity contribution in [2.24, 2.45) is 0 Å². The number of carbonyl (C=O) groups is 2.